The Morgan fingerprint density at radius 1 is 0.976 bits per heavy atom. The zero-order valence-corrected chi connectivity index (χ0v) is 24.3. The number of rotatable bonds is 13. The Morgan fingerprint density at radius 2 is 1.76 bits per heavy atom. The van der Waals surface area contributed by atoms with Gasteiger partial charge in [0.1, 0.15) is 17.3 Å². The molecule has 0 aliphatic carbocycles. The van der Waals surface area contributed by atoms with E-state index in [0.717, 1.165) is 39.3 Å². The van der Waals surface area contributed by atoms with E-state index in [1.54, 1.807) is 27.0 Å². The molecule has 0 radical (unpaired) electrons. The van der Waals surface area contributed by atoms with Crippen LogP contribution in [0.4, 0.5) is 4.79 Å². The zero-order valence-electron chi connectivity index (χ0n) is 24.3. The highest BCUT2D eigenvalue weighted by molar-refractivity contribution is 5.74. The van der Waals surface area contributed by atoms with Crippen LogP contribution in [0.15, 0.2) is 71.1 Å². The van der Waals surface area contributed by atoms with E-state index in [9.17, 15) is 9.59 Å². The first-order valence-electron chi connectivity index (χ1n) is 13.8. The van der Waals surface area contributed by atoms with Crippen molar-refractivity contribution in [2.24, 2.45) is 0 Å². The van der Waals surface area contributed by atoms with Crippen molar-refractivity contribution in [2.45, 2.75) is 52.7 Å². The third kappa shape index (κ3) is 8.13. The van der Waals surface area contributed by atoms with Crippen LogP contribution in [0.1, 0.15) is 42.8 Å². The smallest absolute Gasteiger partial charge is 0.407 e. The summed E-state index contributed by atoms with van der Waals surface area (Å²) in [7, 11) is 1.66. The highest BCUT2D eigenvalue weighted by Gasteiger charge is 2.15. The summed E-state index contributed by atoms with van der Waals surface area (Å²) in [6, 6.07) is 21.3. The summed E-state index contributed by atoms with van der Waals surface area (Å²) in [4.78, 5) is 27.8. The molecule has 0 unspecified atom stereocenters. The Labute approximate surface area is 245 Å². The number of para-hydroxylation sites is 1. The van der Waals surface area contributed by atoms with Crippen molar-refractivity contribution in [3.8, 4) is 34.1 Å². The number of benzene rings is 3. The molecule has 1 amide bonds. The lowest BCUT2D eigenvalue weighted by molar-refractivity contribution is -0.136. The van der Waals surface area contributed by atoms with Gasteiger partial charge in [-0.05, 0) is 74.2 Å². The second kappa shape index (κ2) is 14.2. The van der Waals surface area contributed by atoms with E-state index in [4.69, 9.17) is 28.7 Å². The van der Waals surface area contributed by atoms with Gasteiger partial charge < -0.3 is 29.1 Å². The average molecular weight is 573 g/mol. The Hall–Kier alpha value is -4.79. The molecule has 9 nitrogen and oxygen atoms in total. The SMILES string of the molecule is COc1ccccc1-c1cccc(-c2nc(CCOc3ccc(CCC(=O)O)c(CNC(=O)OC(C)C)c3)c(C)o2)c1. The number of nitrogens with zero attached hydrogens (tertiary/aromatic N) is 1. The van der Waals surface area contributed by atoms with E-state index >= 15 is 0 Å². The number of oxazole rings is 1. The van der Waals surface area contributed by atoms with E-state index < -0.39 is 12.1 Å². The number of alkyl carbamates (subject to hydrolysis) is 1. The molecule has 0 spiro atoms. The predicted octanol–water partition coefficient (Wildman–Crippen LogP) is 6.60. The molecular weight excluding hydrogens is 536 g/mol. The van der Waals surface area contributed by atoms with Crippen LogP contribution in [-0.4, -0.2) is 42.0 Å². The fourth-order valence-electron chi connectivity index (χ4n) is 4.52. The fraction of sp³-hybridized carbons (Fsp3) is 0.303. The van der Waals surface area contributed by atoms with Crippen LogP contribution in [0.2, 0.25) is 0 Å². The van der Waals surface area contributed by atoms with Gasteiger partial charge in [-0.25, -0.2) is 9.78 Å². The van der Waals surface area contributed by atoms with Crippen molar-refractivity contribution in [2.75, 3.05) is 13.7 Å². The number of aromatic nitrogens is 1. The molecule has 3 aromatic carbocycles. The molecule has 0 atom stereocenters. The minimum absolute atomic E-state index is 0.0147. The summed E-state index contributed by atoms with van der Waals surface area (Å²) in [5.41, 5.74) is 5.23. The molecule has 42 heavy (non-hydrogen) atoms. The van der Waals surface area contributed by atoms with Gasteiger partial charge in [-0.3, -0.25) is 4.79 Å². The maximum Gasteiger partial charge on any atom is 0.407 e. The van der Waals surface area contributed by atoms with E-state index in [0.29, 0.717) is 36.8 Å². The van der Waals surface area contributed by atoms with Crippen molar-refractivity contribution >= 4 is 12.1 Å². The molecule has 0 bridgehead atoms. The number of aryl methyl sites for hydroxylation is 2. The van der Waals surface area contributed by atoms with Gasteiger partial charge in [-0.2, -0.15) is 0 Å². The molecule has 0 aliphatic heterocycles. The number of carbonyl (C=O) groups excluding carboxylic acids is 1. The lowest BCUT2D eigenvalue weighted by Crippen LogP contribution is -2.26. The Balaban J connectivity index is 1.43. The molecule has 4 aromatic rings. The topological polar surface area (TPSA) is 120 Å². The highest BCUT2D eigenvalue weighted by atomic mass is 16.6. The van der Waals surface area contributed by atoms with Gasteiger partial charge in [0.05, 0.1) is 25.5 Å². The van der Waals surface area contributed by atoms with Crippen LogP contribution in [0.5, 0.6) is 11.5 Å². The predicted molar refractivity (Wildman–Crippen MR) is 159 cm³/mol. The Morgan fingerprint density at radius 3 is 2.52 bits per heavy atom. The van der Waals surface area contributed by atoms with Crippen LogP contribution < -0.4 is 14.8 Å². The standard InChI is InChI=1S/C33H36N2O7/c1-21(2)41-33(38)34-20-26-19-27(14-12-23(26)13-15-31(36)37)40-17-16-29-22(3)42-32(35-29)25-9-7-8-24(18-25)28-10-5-6-11-30(28)39-4/h5-12,14,18-19,21H,13,15-17,20H2,1-4H3,(H,34,38)(H,36,37). The number of carboxylic acids is 1. The number of hydrogen-bond donors (Lipinski definition) is 2. The number of ether oxygens (including phenoxy) is 3. The summed E-state index contributed by atoms with van der Waals surface area (Å²) < 4.78 is 22.7. The van der Waals surface area contributed by atoms with Gasteiger partial charge >= 0.3 is 12.1 Å². The van der Waals surface area contributed by atoms with Crippen molar-refractivity contribution in [3.05, 3.63) is 89.3 Å². The minimum Gasteiger partial charge on any atom is -0.496 e. The van der Waals surface area contributed by atoms with Crippen molar-refractivity contribution < 1.29 is 33.3 Å². The molecule has 1 heterocycles. The van der Waals surface area contributed by atoms with Crippen LogP contribution in [0, 0.1) is 6.92 Å². The first kappa shape index (κ1) is 30.2. The number of amides is 1. The Bertz CT molecular complexity index is 1530. The first-order chi connectivity index (χ1) is 20.2. The maximum atomic E-state index is 12.0. The van der Waals surface area contributed by atoms with Crippen molar-refractivity contribution in [1.82, 2.24) is 10.3 Å². The minimum atomic E-state index is -0.887. The summed E-state index contributed by atoms with van der Waals surface area (Å²) in [5, 5.41) is 11.8. The summed E-state index contributed by atoms with van der Waals surface area (Å²) in [6.45, 7) is 5.96. The lowest BCUT2D eigenvalue weighted by Gasteiger charge is -2.14. The number of aliphatic carboxylic acids is 1. The third-order valence-electron chi connectivity index (χ3n) is 6.58. The molecule has 220 valence electrons. The van der Waals surface area contributed by atoms with Crippen LogP contribution in [0.3, 0.4) is 0 Å². The van der Waals surface area contributed by atoms with Gasteiger partial charge in [0.15, 0.2) is 0 Å². The highest BCUT2D eigenvalue weighted by Crippen LogP contribution is 2.32. The lowest BCUT2D eigenvalue weighted by atomic mass is 10.0. The van der Waals surface area contributed by atoms with Gasteiger partial charge in [-0.1, -0.05) is 36.4 Å². The normalized spacial score (nSPS) is 10.9. The maximum absolute atomic E-state index is 12.0. The number of carboxylic acid groups (broad SMARTS) is 1. The fourth-order valence-corrected chi connectivity index (χ4v) is 4.52. The van der Waals surface area contributed by atoms with Crippen molar-refractivity contribution in [1.29, 1.82) is 0 Å². The first-order valence-corrected chi connectivity index (χ1v) is 13.8. The van der Waals surface area contributed by atoms with Gasteiger partial charge in [0.2, 0.25) is 5.89 Å². The average Bonchev–Trinajstić information content (AvgIpc) is 3.35. The summed E-state index contributed by atoms with van der Waals surface area (Å²) >= 11 is 0. The number of nitrogens with one attached hydrogen (secondary N) is 1. The zero-order chi connectivity index (χ0) is 30.1. The molecule has 0 fully saturated rings. The van der Waals surface area contributed by atoms with Gasteiger partial charge in [-0.15, -0.1) is 0 Å². The molecular formula is C33H36N2O7. The Kier molecular flexibility index (Phi) is 10.2. The number of methoxy groups -OCH3 is 1. The number of hydrogen-bond acceptors (Lipinski definition) is 7. The van der Waals surface area contributed by atoms with E-state index in [1.165, 1.54) is 0 Å². The van der Waals surface area contributed by atoms with E-state index in [-0.39, 0.29) is 19.1 Å². The molecule has 0 aliphatic rings. The monoisotopic (exact) mass is 572 g/mol. The molecule has 9 heteroatoms. The van der Waals surface area contributed by atoms with E-state index in [2.05, 4.69) is 5.32 Å². The van der Waals surface area contributed by atoms with Crippen LogP contribution >= 0.6 is 0 Å². The van der Waals surface area contributed by atoms with Gasteiger partial charge in [0.25, 0.3) is 0 Å². The van der Waals surface area contributed by atoms with Gasteiger partial charge in [0, 0.05) is 30.5 Å². The molecule has 2 N–H and O–H groups in total. The quantitative estimate of drug-likeness (QED) is 0.184. The molecule has 4 rings (SSSR count). The van der Waals surface area contributed by atoms with Crippen LogP contribution in [-0.2, 0) is 28.9 Å². The molecule has 1 aromatic heterocycles. The van der Waals surface area contributed by atoms with Crippen LogP contribution in [0.25, 0.3) is 22.6 Å². The summed E-state index contributed by atoms with van der Waals surface area (Å²) in [5.74, 6) is 1.76. The third-order valence-corrected chi connectivity index (χ3v) is 6.58. The summed E-state index contributed by atoms with van der Waals surface area (Å²) in [6.07, 6.45) is 0.0649. The van der Waals surface area contributed by atoms with Crippen molar-refractivity contribution in [3.63, 3.8) is 0 Å². The molecule has 0 saturated carbocycles. The number of carbonyl (C=O) groups is 2. The second-order valence-electron chi connectivity index (χ2n) is 10.0. The second-order valence-corrected chi connectivity index (χ2v) is 10.0. The van der Waals surface area contributed by atoms with E-state index in [1.807, 2.05) is 67.6 Å². The molecule has 0 saturated heterocycles. The largest absolute Gasteiger partial charge is 0.496 e.